The van der Waals surface area contributed by atoms with Crippen LogP contribution in [0.5, 0.6) is 0 Å². The molecule has 1 atom stereocenters. The molecule has 2 fully saturated rings. The Bertz CT molecular complexity index is 607. The van der Waals surface area contributed by atoms with Gasteiger partial charge in [0, 0.05) is 56.5 Å². The molecule has 3 rings (SSSR count). The summed E-state index contributed by atoms with van der Waals surface area (Å²) in [4.78, 5) is 9.39. The molecule has 2 aliphatic rings. The molecule has 1 unspecified atom stereocenters. The van der Waals surface area contributed by atoms with Crippen molar-refractivity contribution in [3.63, 3.8) is 0 Å². The Morgan fingerprint density at radius 2 is 2.00 bits per heavy atom. The standard InChI is InChI=1S/C20H32N4OS.HI/c1-16(2)19-15-24(10-13-26-19)20(21-3)22-14-17-6-4-5-7-18(17)23-8-11-25-12-9-23;/h4-7,16,19H,8-15H2,1-3H3,(H,21,22);1H. The molecule has 0 aliphatic carbocycles. The van der Waals surface area contributed by atoms with Gasteiger partial charge in [0.25, 0.3) is 0 Å². The van der Waals surface area contributed by atoms with Crippen LogP contribution >= 0.6 is 35.7 Å². The van der Waals surface area contributed by atoms with Crippen LogP contribution in [-0.4, -0.2) is 68.3 Å². The topological polar surface area (TPSA) is 40.1 Å². The molecule has 27 heavy (non-hydrogen) atoms. The number of ether oxygens (including phenoxy) is 1. The lowest BCUT2D eigenvalue weighted by atomic mass is 10.1. The van der Waals surface area contributed by atoms with E-state index in [0.29, 0.717) is 11.2 Å². The van der Waals surface area contributed by atoms with Gasteiger partial charge in [-0.3, -0.25) is 4.99 Å². The van der Waals surface area contributed by atoms with Gasteiger partial charge in [0.05, 0.1) is 13.2 Å². The minimum absolute atomic E-state index is 0. The van der Waals surface area contributed by atoms with E-state index in [2.05, 4.69) is 70.0 Å². The van der Waals surface area contributed by atoms with E-state index >= 15 is 0 Å². The van der Waals surface area contributed by atoms with Crippen LogP contribution < -0.4 is 10.2 Å². The van der Waals surface area contributed by atoms with Gasteiger partial charge in [0.15, 0.2) is 5.96 Å². The van der Waals surface area contributed by atoms with E-state index in [1.165, 1.54) is 17.0 Å². The number of morpholine rings is 1. The van der Waals surface area contributed by atoms with Crippen molar-refractivity contribution in [2.75, 3.05) is 57.1 Å². The first-order valence-corrected chi connectivity index (χ1v) is 10.7. The highest BCUT2D eigenvalue weighted by Crippen LogP contribution is 2.25. The monoisotopic (exact) mass is 504 g/mol. The minimum Gasteiger partial charge on any atom is -0.378 e. The summed E-state index contributed by atoms with van der Waals surface area (Å²) < 4.78 is 5.50. The molecule has 152 valence electrons. The van der Waals surface area contributed by atoms with Crippen molar-refractivity contribution in [2.24, 2.45) is 10.9 Å². The van der Waals surface area contributed by atoms with E-state index in [4.69, 9.17) is 4.74 Å². The van der Waals surface area contributed by atoms with Crippen molar-refractivity contribution in [3.8, 4) is 0 Å². The zero-order valence-corrected chi connectivity index (χ0v) is 19.8. The lowest BCUT2D eigenvalue weighted by Gasteiger charge is -2.36. The Kier molecular flexibility index (Phi) is 9.52. The molecule has 1 aromatic carbocycles. The average molecular weight is 504 g/mol. The lowest BCUT2D eigenvalue weighted by Crippen LogP contribution is -2.48. The molecule has 0 saturated carbocycles. The first-order chi connectivity index (χ1) is 12.7. The maximum absolute atomic E-state index is 5.50. The second-order valence-corrected chi connectivity index (χ2v) is 8.58. The van der Waals surface area contributed by atoms with Crippen molar-refractivity contribution in [1.29, 1.82) is 0 Å². The Balaban J connectivity index is 0.00000261. The second kappa shape index (κ2) is 11.4. The largest absolute Gasteiger partial charge is 0.378 e. The maximum Gasteiger partial charge on any atom is 0.193 e. The number of hydrogen-bond donors (Lipinski definition) is 1. The fraction of sp³-hybridized carbons (Fsp3) is 0.650. The lowest BCUT2D eigenvalue weighted by molar-refractivity contribution is 0.122. The number of benzene rings is 1. The number of anilines is 1. The molecule has 7 heteroatoms. The van der Waals surface area contributed by atoms with E-state index in [-0.39, 0.29) is 24.0 Å². The van der Waals surface area contributed by atoms with Crippen LogP contribution in [0.1, 0.15) is 19.4 Å². The minimum atomic E-state index is 0. The second-order valence-electron chi connectivity index (χ2n) is 7.23. The highest BCUT2D eigenvalue weighted by atomic mass is 127. The normalized spacial score (nSPS) is 21.2. The van der Waals surface area contributed by atoms with Crippen LogP contribution in [0.4, 0.5) is 5.69 Å². The Morgan fingerprint density at radius 3 is 2.70 bits per heavy atom. The summed E-state index contributed by atoms with van der Waals surface area (Å²) in [5, 5.41) is 4.29. The van der Waals surface area contributed by atoms with Crippen LogP contribution in [-0.2, 0) is 11.3 Å². The molecular formula is C20H33IN4OS. The summed E-state index contributed by atoms with van der Waals surface area (Å²) >= 11 is 2.10. The fourth-order valence-corrected chi connectivity index (χ4v) is 4.85. The molecule has 2 aliphatic heterocycles. The highest BCUT2D eigenvalue weighted by Gasteiger charge is 2.25. The van der Waals surface area contributed by atoms with Crippen LogP contribution in [0.25, 0.3) is 0 Å². The van der Waals surface area contributed by atoms with Gasteiger partial charge in [-0.15, -0.1) is 24.0 Å². The van der Waals surface area contributed by atoms with Gasteiger partial charge in [-0.25, -0.2) is 0 Å². The summed E-state index contributed by atoms with van der Waals surface area (Å²) in [6.07, 6.45) is 0. The number of rotatable bonds is 4. The van der Waals surface area contributed by atoms with E-state index in [0.717, 1.165) is 51.9 Å². The first-order valence-electron chi connectivity index (χ1n) is 9.67. The van der Waals surface area contributed by atoms with Gasteiger partial charge in [0.1, 0.15) is 0 Å². The van der Waals surface area contributed by atoms with Gasteiger partial charge in [-0.05, 0) is 17.5 Å². The van der Waals surface area contributed by atoms with E-state index < -0.39 is 0 Å². The molecular weight excluding hydrogens is 471 g/mol. The molecule has 0 bridgehead atoms. The van der Waals surface area contributed by atoms with Crippen LogP contribution in [0.2, 0.25) is 0 Å². The third-order valence-corrected chi connectivity index (χ3v) is 6.67. The SMILES string of the molecule is CN=C(NCc1ccccc1N1CCOCC1)N1CCSC(C(C)C)C1.I. The van der Waals surface area contributed by atoms with E-state index in [9.17, 15) is 0 Å². The summed E-state index contributed by atoms with van der Waals surface area (Å²) in [5.41, 5.74) is 2.63. The van der Waals surface area contributed by atoms with Gasteiger partial charge in [-0.1, -0.05) is 32.0 Å². The predicted octanol–water partition coefficient (Wildman–Crippen LogP) is 3.29. The van der Waals surface area contributed by atoms with Crippen molar-refractivity contribution in [2.45, 2.75) is 25.6 Å². The maximum atomic E-state index is 5.50. The van der Waals surface area contributed by atoms with Gasteiger partial charge >= 0.3 is 0 Å². The van der Waals surface area contributed by atoms with Crippen LogP contribution in [0, 0.1) is 5.92 Å². The summed E-state index contributed by atoms with van der Waals surface area (Å²) in [7, 11) is 1.89. The molecule has 1 N–H and O–H groups in total. The third-order valence-electron chi connectivity index (χ3n) is 5.13. The Labute approximate surface area is 185 Å². The molecule has 0 aromatic heterocycles. The summed E-state index contributed by atoms with van der Waals surface area (Å²) in [5.74, 6) is 2.89. The number of guanidine groups is 1. The third kappa shape index (κ3) is 6.15. The zero-order valence-electron chi connectivity index (χ0n) is 16.7. The average Bonchev–Trinajstić information content (AvgIpc) is 2.69. The first kappa shape index (κ1) is 22.6. The Hall–Kier alpha value is -0.670. The summed E-state index contributed by atoms with van der Waals surface area (Å²) in [6, 6.07) is 8.68. The molecule has 1 aromatic rings. The van der Waals surface area contributed by atoms with E-state index in [1.54, 1.807) is 0 Å². The number of hydrogen-bond acceptors (Lipinski definition) is 4. The number of aliphatic imine (C=N–C) groups is 1. The number of para-hydroxylation sites is 1. The predicted molar refractivity (Wildman–Crippen MR) is 128 cm³/mol. The molecule has 0 spiro atoms. The highest BCUT2D eigenvalue weighted by molar-refractivity contribution is 14.0. The van der Waals surface area contributed by atoms with Gasteiger partial charge < -0.3 is 19.9 Å². The van der Waals surface area contributed by atoms with Crippen molar-refractivity contribution < 1.29 is 4.74 Å². The zero-order chi connectivity index (χ0) is 18.4. The number of halogens is 1. The van der Waals surface area contributed by atoms with Gasteiger partial charge in [-0.2, -0.15) is 11.8 Å². The molecule has 0 amide bonds. The van der Waals surface area contributed by atoms with Crippen molar-refractivity contribution in [3.05, 3.63) is 29.8 Å². The van der Waals surface area contributed by atoms with Gasteiger partial charge in [0.2, 0.25) is 0 Å². The molecule has 0 radical (unpaired) electrons. The quantitative estimate of drug-likeness (QED) is 0.387. The summed E-state index contributed by atoms with van der Waals surface area (Å²) in [6.45, 7) is 11.1. The van der Waals surface area contributed by atoms with Crippen LogP contribution in [0.3, 0.4) is 0 Å². The fourth-order valence-electron chi connectivity index (χ4n) is 3.55. The van der Waals surface area contributed by atoms with E-state index in [1.807, 2.05) is 7.05 Å². The number of nitrogens with zero attached hydrogens (tertiary/aromatic N) is 3. The van der Waals surface area contributed by atoms with Crippen molar-refractivity contribution in [1.82, 2.24) is 10.2 Å². The molecule has 2 heterocycles. The molecule has 2 saturated heterocycles. The number of nitrogens with one attached hydrogen (secondary N) is 1. The smallest absolute Gasteiger partial charge is 0.193 e. The van der Waals surface area contributed by atoms with Crippen molar-refractivity contribution >= 4 is 47.4 Å². The Morgan fingerprint density at radius 1 is 1.26 bits per heavy atom. The number of thioether (sulfide) groups is 1. The van der Waals surface area contributed by atoms with Crippen LogP contribution in [0.15, 0.2) is 29.3 Å². The molecule has 5 nitrogen and oxygen atoms in total.